The predicted molar refractivity (Wildman–Crippen MR) is 179 cm³/mol. The highest BCUT2D eigenvalue weighted by Crippen LogP contribution is 2.14. The first-order valence-electron chi connectivity index (χ1n) is 18.2. The molecule has 0 rings (SSSR count). The molecule has 0 radical (unpaired) electrons. The van der Waals surface area contributed by atoms with E-state index in [9.17, 15) is 9.59 Å². The summed E-state index contributed by atoms with van der Waals surface area (Å²) in [5.74, 6) is -0.836. The maximum atomic E-state index is 12.2. The average Bonchev–Trinajstić information content (AvgIpc) is 2.96. The van der Waals surface area contributed by atoms with E-state index in [0.29, 0.717) is 12.0 Å². The summed E-state index contributed by atoms with van der Waals surface area (Å²) in [6, 6.07) is 0. The molecule has 0 saturated heterocycles. The zero-order chi connectivity index (χ0) is 30.1. The first-order chi connectivity index (χ1) is 20.1. The predicted octanol–water partition coefficient (Wildman–Crippen LogP) is 12.9. The number of carbonyl (C=O) groups excluding carboxylic acids is 2. The highest BCUT2D eigenvalue weighted by molar-refractivity contribution is 5.95. The highest BCUT2D eigenvalue weighted by atomic mass is 16.6. The second-order valence-corrected chi connectivity index (χ2v) is 12.4. The molecule has 41 heavy (non-hydrogen) atoms. The zero-order valence-corrected chi connectivity index (χ0v) is 28.0. The molecule has 0 aromatic rings. The minimum absolute atomic E-state index is 0.353. The molecule has 0 amide bonds. The van der Waals surface area contributed by atoms with Gasteiger partial charge < -0.3 is 4.74 Å². The summed E-state index contributed by atoms with van der Waals surface area (Å²) in [4.78, 5) is 24.2. The van der Waals surface area contributed by atoms with Gasteiger partial charge in [0.15, 0.2) is 0 Å². The maximum absolute atomic E-state index is 12.2. The summed E-state index contributed by atoms with van der Waals surface area (Å²) >= 11 is 0. The summed E-state index contributed by atoms with van der Waals surface area (Å²) in [6.45, 7) is 6.30. The van der Waals surface area contributed by atoms with E-state index in [-0.39, 0.29) is 5.97 Å². The van der Waals surface area contributed by atoms with Crippen LogP contribution in [-0.2, 0) is 14.3 Å². The lowest BCUT2D eigenvalue weighted by Gasteiger charge is -2.05. The molecular weight excluding hydrogens is 504 g/mol. The smallest absolute Gasteiger partial charge is 0.341 e. The minimum atomic E-state index is -0.464. The van der Waals surface area contributed by atoms with Gasteiger partial charge in [0, 0.05) is 12.0 Å². The van der Waals surface area contributed by atoms with Crippen LogP contribution in [0.2, 0.25) is 0 Å². The largest absolute Gasteiger partial charge is 0.390 e. The Morgan fingerprint density at radius 2 is 0.805 bits per heavy atom. The lowest BCUT2D eigenvalue weighted by atomic mass is 10.0. The molecule has 0 spiro atoms. The van der Waals surface area contributed by atoms with Crippen molar-refractivity contribution in [1.29, 1.82) is 0 Å². The Balaban J connectivity index is 3.52. The number of hydrogen-bond donors (Lipinski definition) is 0. The fraction of sp³-hybridized carbons (Fsp3) is 0.842. The normalized spacial score (nSPS) is 11.9. The Kier molecular flexibility index (Phi) is 32.0. The van der Waals surface area contributed by atoms with Crippen LogP contribution in [0.25, 0.3) is 0 Å². The van der Waals surface area contributed by atoms with Gasteiger partial charge in [-0.15, -0.1) is 0 Å². The number of unbranched alkanes of at least 4 members (excludes halogenated alkanes) is 25. The van der Waals surface area contributed by atoms with Crippen LogP contribution in [0.5, 0.6) is 0 Å². The van der Waals surface area contributed by atoms with E-state index in [2.05, 4.69) is 26.0 Å². The molecule has 0 aliphatic carbocycles. The van der Waals surface area contributed by atoms with Gasteiger partial charge in [0.05, 0.1) is 0 Å². The molecule has 3 heteroatoms. The standard InChI is InChI=1S/C38H70O3/c1-4-6-8-10-12-14-16-18-19-20-21-23-24-26-28-30-32-34-36(3)38(40)41-37(39)35-33-31-29-27-25-22-17-15-13-11-9-7-5-2/h18-19,34H,4-17,20-33,35H2,1-3H3/b19-18-,36-34?. The van der Waals surface area contributed by atoms with E-state index in [4.69, 9.17) is 4.74 Å². The lowest BCUT2D eigenvalue weighted by Crippen LogP contribution is -2.13. The van der Waals surface area contributed by atoms with Crippen molar-refractivity contribution < 1.29 is 14.3 Å². The van der Waals surface area contributed by atoms with Gasteiger partial charge in [0.25, 0.3) is 0 Å². The van der Waals surface area contributed by atoms with E-state index in [0.717, 1.165) is 25.7 Å². The summed E-state index contributed by atoms with van der Waals surface area (Å²) in [5, 5.41) is 0. The monoisotopic (exact) mass is 575 g/mol. The van der Waals surface area contributed by atoms with Crippen molar-refractivity contribution in [3.63, 3.8) is 0 Å². The molecule has 0 unspecified atom stereocenters. The van der Waals surface area contributed by atoms with E-state index in [1.54, 1.807) is 6.92 Å². The SMILES string of the molecule is CCCCCCCC/C=C\CCCCCCCCC=C(C)C(=O)OC(=O)CCCCCCCCCCCCCCC. The molecule has 0 aliphatic heterocycles. The first-order valence-corrected chi connectivity index (χ1v) is 18.2. The molecule has 0 bridgehead atoms. The van der Waals surface area contributed by atoms with Crippen LogP contribution in [0.3, 0.4) is 0 Å². The third-order valence-electron chi connectivity index (χ3n) is 8.18. The molecule has 0 aliphatic rings. The van der Waals surface area contributed by atoms with Crippen LogP contribution in [0.1, 0.15) is 207 Å². The summed E-state index contributed by atoms with van der Waals surface area (Å²) in [6.07, 6.45) is 42.7. The number of esters is 2. The Morgan fingerprint density at radius 1 is 0.463 bits per heavy atom. The van der Waals surface area contributed by atoms with Gasteiger partial charge in [-0.3, -0.25) is 4.79 Å². The van der Waals surface area contributed by atoms with Gasteiger partial charge in [-0.05, 0) is 51.9 Å². The van der Waals surface area contributed by atoms with Crippen LogP contribution in [0, 0.1) is 0 Å². The zero-order valence-electron chi connectivity index (χ0n) is 28.0. The van der Waals surface area contributed by atoms with Gasteiger partial charge in [0.2, 0.25) is 0 Å². The summed E-state index contributed by atoms with van der Waals surface area (Å²) in [5.41, 5.74) is 0.566. The van der Waals surface area contributed by atoms with Crippen molar-refractivity contribution in [1.82, 2.24) is 0 Å². The molecule has 0 N–H and O–H groups in total. The maximum Gasteiger partial charge on any atom is 0.341 e. The average molecular weight is 575 g/mol. The lowest BCUT2D eigenvalue weighted by molar-refractivity contribution is -0.156. The number of hydrogen-bond acceptors (Lipinski definition) is 3. The molecule has 0 atom stereocenters. The number of ether oxygens (including phenoxy) is 1. The molecule has 0 aromatic carbocycles. The third kappa shape index (κ3) is 31.4. The Labute approximate surface area is 256 Å². The minimum Gasteiger partial charge on any atom is -0.390 e. The van der Waals surface area contributed by atoms with Crippen molar-refractivity contribution >= 4 is 11.9 Å². The van der Waals surface area contributed by atoms with Crippen molar-refractivity contribution in [3.8, 4) is 0 Å². The van der Waals surface area contributed by atoms with Crippen LogP contribution in [0.15, 0.2) is 23.8 Å². The van der Waals surface area contributed by atoms with Crippen molar-refractivity contribution in [2.24, 2.45) is 0 Å². The molecule has 0 fully saturated rings. The Hall–Kier alpha value is -1.38. The topological polar surface area (TPSA) is 43.4 Å². The first kappa shape index (κ1) is 39.6. The molecule has 0 aromatic heterocycles. The number of rotatable bonds is 31. The van der Waals surface area contributed by atoms with Gasteiger partial charge in [-0.1, -0.05) is 167 Å². The Morgan fingerprint density at radius 3 is 1.22 bits per heavy atom. The quantitative estimate of drug-likeness (QED) is 0.0272. The summed E-state index contributed by atoms with van der Waals surface area (Å²) in [7, 11) is 0. The van der Waals surface area contributed by atoms with Crippen molar-refractivity contribution in [3.05, 3.63) is 23.8 Å². The van der Waals surface area contributed by atoms with Crippen LogP contribution in [0.4, 0.5) is 0 Å². The Bertz CT molecular complexity index is 633. The molecule has 0 saturated carbocycles. The van der Waals surface area contributed by atoms with E-state index >= 15 is 0 Å². The molecular formula is C38H70O3. The van der Waals surface area contributed by atoms with Crippen LogP contribution >= 0.6 is 0 Å². The number of carbonyl (C=O) groups is 2. The van der Waals surface area contributed by atoms with E-state index in [1.807, 2.05) is 6.08 Å². The van der Waals surface area contributed by atoms with E-state index in [1.165, 1.54) is 154 Å². The highest BCUT2D eigenvalue weighted by Gasteiger charge is 2.11. The fourth-order valence-corrected chi connectivity index (χ4v) is 5.32. The van der Waals surface area contributed by atoms with Crippen LogP contribution < -0.4 is 0 Å². The molecule has 240 valence electrons. The van der Waals surface area contributed by atoms with Crippen molar-refractivity contribution in [2.45, 2.75) is 207 Å². The van der Waals surface area contributed by atoms with Crippen molar-refractivity contribution in [2.75, 3.05) is 0 Å². The second-order valence-electron chi connectivity index (χ2n) is 12.4. The summed E-state index contributed by atoms with van der Waals surface area (Å²) < 4.78 is 5.05. The second kappa shape index (κ2) is 33.1. The van der Waals surface area contributed by atoms with Gasteiger partial charge in [-0.2, -0.15) is 0 Å². The molecule has 3 nitrogen and oxygen atoms in total. The van der Waals surface area contributed by atoms with Crippen LogP contribution in [-0.4, -0.2) is 11.9 Å². The number of allylic oxidation sites excluding steroid dienone is 3. The van der Waals surface area contributed by atoms with E-state index < -0.39 is 5.97 Å². The van der Waals surface area contributed by atoms with Gasteiger partial charge >= 0.3 is 11.9 Å². The van der Waals surface area contributed by atoms with Gasteiger partial charge in [-0.25, -0.2) is 4.79 Å². The fourth-order valence-electron chi connectivity index (χ4n) is 5.32. The van der Waals surface area contributed by atoms with Gasteiger partial charge in [0.1, 0.15) is 0 Å². The molecule has 0 heterocycles. The third-order valence-corrected chi connectivity index (χ3v) is 8.18.